The number of fused-ring (bicyclic) bond motifs is 1. The summed E-state index contributed by atoms with van der Waals surface area (Å²) < 4.78 is 7.23. The van der Waals surface area contributed by atoms with E-state index in [1.54, 1.807) is 33.2 Å². The Hall–Kier alpha value is -2.64. The number of hydrogen-bond acceptors (Lipinski definition) is 5. The van der Waals surface area contributed by atoms with E-state index in [1.165, 1.54) is 4.90 Å². The number of ether oxygens (including phenoxy) is 1. The summed E-state index contributed by atoms with van der Waals surface area (Å²) in [5, 5.41) is 2.86. The van der Waals surface area contributed by atoms with E-state index in [9.17, 15) is 9.59 Å². The molecule has 0 spiro atoms. The Morgan fingerprint density at radius 3 is 2.76 bits per heavy atom. The zero-order valence-corrected chi connectivity index (χ0v) is 14.9. The van der Waals surface area contributed by atoms with E-state index >= 15 is 0 Å². The normalized spacial score (nSPS) is 17.3. The predicted molar refractivity (Wildman–Crippen MR) is 91.7 cm³/mol. The summed E-state index contributed by atoms with van der Waals surface area (Å²) in [4.78, 5) is 34.5. The van der Waals surface area contributed by atoms with E-state index < -0.39 is 17.7 Å². The fourth-order valence-corrected chi connectivity index (χ4v) is 2.73. The number of pyridine rings is 1. The van der Waals surface area contributed by atoms with Gasteiger partial charge in [-0.25, -0.2) is 9.78 Å². The van der Waals surface area contributed by atoms with E-state index in [1.807, 2.05) is 17.7 Å². The molecule has 2 amide bonds. The Morgan fingerprint density at radius 1 is 1.40 bits per heavy atom. The van der Waals surface area contributed by atoms with Gasteiger partial charge in [0.05, 0.1) is 23.8 Å². The largest absolute Gasteiger partial charge is 0.444 e. The van der Waals surface area contributed by atoms with Gasteiger partial charge in [0.2, 0.25) is 5.91 Å². The van der Waals surface area contributed by atoms with Crippen LogP contribution < -0.4 is 5.32 Å². The van der Waals surface area contributed by atoms with Gasteiger partial charge in [0.25, 0.3) is 0 Å². The number of imidazole rings is 1. The van der Waals surface area contributed by atoms with Crippen LogP contribution in [0, 0.1) is 0 Å². The third-order valence-corrected chi connectivity index (χ3v) is 4.15. The van der Waals surface area contributed by atoms with Crippen molar-refractivity contribution in [1.29, 1.82) is 0 Å². The third-order valence-electron chi connectivity index (χ3n) is 4.15. The number of aryl methyl sites for hydroxylation is 1. The highest BCUT2D eigenvalue weighted by molar-refractivity contribution is 5.87. The molecule has 3 rings (SSSR count). The number of aromatic nitrogens is 3. The van der Waals surface area contributed by atoms with Gasteiger partial charge in [-0.1, -0.05) is 0 Å². The summed E-state index contributed by atoms with van der Waals surface area (Å²) in [6.45, 7) is 6.24. The molecule has 1 atom stereocenters. The molecule has 25 heavy (non-hydrogen) atoms. The molecule has 0 aromatic carbocycles. The molecule has 8 nitrogen and oxygen atoms in total. The van der Waals surface area contributed by atoms with E-state index in [2.05, 4.69) is 15.3 Å². The number of hydrogen-bond donors (Lipinski definition) is 1. The second kappa shape index (κ2) is 6.34. The predicted octanol–water partition coefficient (Wildman–Crippen LogP) is 1.59. The van der Waals surface area contributed by atoms with Crippen molar-refractivity contribution in [2.45, 2.75) is 45.4 Å². The second-order valence-electron chi connectivity index (χ2n) is 7.15. The smallest absolute Gasteiger partial charge is 0.410 e. The minimum atomic E-state index is -0.575. The lowest BCUT2D eigenvalue weighted by molar-refractivity contribution is -0.130. The van der Waals surface area contributed by atoms with Crippen LogP contribution in [0.4, 0.5) is 4.79 Å². The molecule has 0 bridgehead atoms. The van der Waals surface area contributed by atoms with Crippen LogP contribution in [-0.4, -0.2) is 49.6 Å². The maximum Gasteiger partial charge on any atom is 0.410 e. The van der Waals surface area contributed by atoms with Gasteiger partial charge in [-0.05, 0) is 33.3 Å². The van der Waals surface area contributed by atoms with Crippen LogP contribution >= 0.6 is 0 Å². The van der Waals surface area contributed by atoms with Gasteiger partial charge < -0.3 is 14.6 Å². The molecule has 3 heterocycles. The zero-order chi connectivity index (χ0) is 18.2. The topological polar surface area (TPSA) is 89.4 Å². The summed E-state index contributed by atoms with van der Waals surface area (Å²) in [7, 11) is 1.88. The molecule has 2 aromatic heterocycles. The van der Waals surface area contributed by atoms with Gasteiger partial charge in [-0.3, -0.25) is 14.7 Å². The molecular weight excluding hydrogens is 322 g/mol. The minimum absolute atomic E-state index is 0.192. The van der Waals surface area contributed by atoms with Crippen molar-refractivity contribution < 1.29 is 14.3 Å². The highest BCUT2D eigenvalue weighted by atomic mass is 16.6. The van der Waals surface area contributed by atoms with Gasteiger partial charge in [-0.15, -0.1) is 0 Å². The van der Waals surface area contributed by atoms with Gasteiger partial charge in [0.15, 0.2) is 0 Å². The number of nitrogens with one attached hydrogen (secondary N) is 1. The molecule has 134 valence electrons. The van der Waals surface area contributed by atoms with Crippen LogP contribution in [0.5, 0.6) is 0 Å². The Balaban J connectivity index is 1.60. The average molecular weight is 345 g/mol. The van der Waals surface area contributed by atoms with Crippen LogP contribution in [0.15, 0.2) is 18.5 Å². The first-order chi connectivity index (χ1) is 11.8. The van der Waals surface area contributed by atoms with Crippen molar-refractivity contribution in [1.82, 2.24) is 24.8 Å². The van der Waals surface area contributed by atoms with Crippen LogP contribution in [-0.2, 0) is 23.1 Å². The van der Waals surface area contributed by atoms with Gasteiger partial charge in [-0.2, -0.15) is 0 Å². The number of amides is 2. The van der Waals surface area contributed by atoms with Crippen molar-refractivity contribution in [2.24, 2.45) is 7.05 Å². The fourth-order valence-electron chi connectivity index (χ4n) is 2.73. The Bertz CT molecular complexity index is 808. The molecule has 0 radical (unpaired) electrons. The molecule has 1 N–H and O–H groups in total. The maximum absolute atomic E-state index is 12.4. The lowest BCUT2D eigenvalue weighted by Gasteiger charge is -2.40. The summed E-state index contributed by atoms with van der Waals surface area (Å²) in [6, 6.07) is 1.35. The highest BCUT2D eigenvalue weighted by Gasteiger charge is 2.39. The molecule has 2 aromatic rings. The molecule has 1 aliphatic rings. The standard InChI is InChI=1S/C17H23N5O3/c1-17(2,3)25-16(24)22-8-6-12(22)15(23)19-10-14-20-11-5-7-18-9-13(11)21(14)4/h5,7,9,12H,6,8,10H2,1-4H3,(H,19,23)/t12-/m1/s1. The summed E-state index contributed by atoms with van der Waals surface area (Å²) in [6.07, 6.45) is 3.61. The molecule has 0 saturated carbocycles. The summed E-state index contributed by atoms with van der Waals surface area (Å²) >= 11 is 0. The monoisotopic (exact) mass is 345 g/mol. The minimum Gasteiger partial charge on any atom is -0.444 e. The summed E-state index contributed by atoms with van der Waals surface area (Å²) in [5.74, 6) is 0.543. The molecule has 0 unspecified atom stereocenters. The molecule has 8 heteroatoms. The van der Waals surface area contributed by atoms with Crippen LogP contribution in [0.25, 0.3) is 11.0 Å². The lowest BCUT2D eigenvalue weighted by Crippen LogP contribution is -2.59. The SMILES string of the molecule is Cn1c(CNC(=O)[C@H]2CCN2C(=O)OC(C)(C)C)nc2ccncc21. The van der Waals surface area contributed by atoms with Crippen molar-refractivity contribution in [2.75, 3.05) is 6.54 Å². The third kappa shape index (κ3) is 3.57. The first-order valence-electron chi connectivity index (χ1n) is 8.29. The fraction of sp³-hybridized carbons (Fsp3) is 0.529. The number of nitrogens with zero attached hydrogens (tertiary/aromatic N) is 4. The Kier molecular flexibility index (Phi) is 4.36. The molecule has 1 saturated heterocycles. The average Bonchev–Trinajstić information content (AvgIpc) is 2.79. The number of carbonyl (C=O) groups is 2. The Morgan fingerprint density at radius 2 is 2.16 bits per heavy atom. The number of carbonyl (C=O) groups excluding carboxylic acids is 2. The summed E-state index contributed by atoms with van der Waals surface area (Å²) in [5.41, 5.74) is 1.17. The molecule has 1 aliphatic heterocycles. The van der Waals surface area contributed by atoms with E-state index in [4.69, 9.17) is 4.74 Å². The van der Waals surface area contributed by atoms with Gasteiger partial charge in [0.1, 0.15) is 17.5 Å². The first kappa shape index (κ1) is 17.2. The highest BCUT2D eigenvalue weighted by Crippen LogP contribution is 2.21. The van der Waals surface area contributed by atoms with Crippen LogP contribution in [0.2, 0.25) is 0 Å². The van der Waals surface area contributed by atoms with Crippen LogP contribution in [0.1, 0.15) is 33.0 Å². The van der Waals surface area contributed by atoms with E-state index in [-0.39, 0.29) is 5.91 Å². The van der Waals surface area contributed by atoms with Crippen molar-refractivity contribution in [3.8, 4) is 0 Å². The number of likely N-dealkylation sites (tertiary alicyclic amines) is 1. The first-order valence-corrected chi connectivity index (χ1v) is 8.29. The van der Waals surface area contributed by atoms with Gasteiger partial charge >= 0.3 is 6.09 Å². The van der Waals surface area contributed by atoms with Crippen LogP contribution in [0.3, 0.4) is 0 Å². The van der Waals surface area contributed by atoms with Crippen molar-refractivity contribution in [3.63, 3.8) is 0 Å². The zero-order valence-electron chi connectivity index (χ0n) is 14.9. The molecule has 0 aliphatic carbocycles. The van der Waals surface area contributed by atoms with Crippen molar-refractivity contribution in [3.05, 3.63) is 24.3 Å². The second-order valence-corrected chi connectivity index (χ2v) is 7.15. The van der Waals surface area contributed by atoms with Crippen molar-refractivity contribution >= 4 is 23.0 Å². The maximum atomic E-state index is 12.4. The lowest BCUT2D eigenvalue weighted by atomic mass is 10.0. The van der Waals surface area contributed by atoms with E-state index in [0.29, 0.717) is 19.5 Å². The van der Waals surface area contributed by atoms with Gasteiger partial charge in [0, 0.05) is 19.8 Å². The number of rotatable bonds is 3. The van der Waals surface area contributed by atoms with E-state index in [0.717, 1.165) is 16.9 Å². The quantitative estimate of drug-likeness (QED) is 0.912. The Labute approximate surface area is 146 Å². The molecular formula is C17H23N5O3. The molecule has 1 fully saturated rings.